The van der Waals surface area contributed by atoms with Crippen LogP contribution in [0.1, 0.15) is 27.7 Å². The minimum Gasteiger partial charge on any atom is -0.323 e. The topological polar surface area (TPSA) is 20.3 Å². The fourth-order valence-electron chi connectivity index (χ4n) is 1.82. The predicted octanol–water partition coefficient (Wildman–Crippen LogP) is 2.48. The van der Waals surface area contributed by atoms with Crippen molar-refractivity contribution in [2.24, 2.45) is 0 Å². The Labute approximate surface area is 82.1 Å². The monoisotopic (exact) mass is 203 g/mol. The smallest absolute Gasteiger partial charge is 0.0899 e. The van der Waals surface area contributed by atoms with Crippen molar-refractivity contribution in [1.82, 2.24) is 4.90 Å². The molecule has 0 spiro atoms. The Morgan fingerprint density at radius 2 is 1.69 bits per heavy atom. The predicted molar refractivity (Wildman–Crippen MR) is 59.2 cm³/mol. The number of rotatable bonds is 1. The third-order valence-corrected chi connectivity index (χ3v) is 6.26. The summed E-state index contributed by atoms with van der Waals surface area (Å²) in [6, 6.07) is 0. The summed E-state index contributed by atoms with van der Waals surface area (Å²) in [6.45, 7) is 10.8. The molecule has 0 N–H and O–H groups in total. The van der Waals surface area contributed by atoms with Gasteiger partial charge in [-0.05, 0) is 26.9 Å². The van der Waals surface area contributed by atoms with Crippen molar-refractivity contribution in [1.29, 1.82) is 0 Å². The molecule has 0 radical (unpaired) electrons. The molecule has 1 fully saturated rings. The van der Waals surface area contributed by atoms with Crippen molar-refractivity contribution in [3.8, 4) is 0 Å². The van der Waals surface area contributed by atoms with Crippen LogP contribution in [0.25, 0.3) is 0 Å². The third kappa shape index (κ3) is 2.82. The van der Waals surface area contributed by atoms with E-state index in [4.69, 9.17) is 0 Å². The van der Waals surface area contributed by atoms with Gasteiger partial charge in [-0.3, -0.25) is 4.90 Å². The molecule has 0 unspecified atom stereocenters. The summed E-state index contributed by atoms with van der Waals surface area (Å²) in [5.74, 6) is 0. The van der Waals surface area contributed by atoms with Crippen molar-refractivity contribution >= 4 is 7.14 Å². The van der Waals surface area contributed by atoms with Gasteiger partial charge in [-0.2, -0.15) is 0 Å². The van der Waals surface area contributed by atoms with Crippen molar-refractivity contribution in [2.75, 3.05) is 31.6 Å². The Kier molecular flexibility index (Phi) is 3.24. The van der Waals surface area contributed by atoms with Gasteiger partial charge in [-0.15, -0.1) is 0 Å². The lowest BCUT2D eigenvalue weighted by Crippen LogP contribution is -2.47. The van der Waals surface area contributed by atoms with Crippen molar-refractivity contribution in [2.45, 2.75) is 33.2 Å². The van der Waals surface area contributed by atoms with Gasteiger partial charge in [0.1, 0.15) is 0 Å². The molecule has 3 heteroatoms. The number of hydrogen-bond acceptors (Lipinski definition) is 2. The van der Waals surface area contributed by atoms with Crippen LogP contribution in [0.3, 0.4) is 0 Å². The third-order valence-electron chi connectivity index (χ3n) is 3.08. The molecule has 2 nitrogen and oxygen atoms in total. The average Bonchev–Trinajstić information content (AvgIpc) is 2.04. The van der Waals surface area contributed by atoms with E-state index >= 15 is 0 Å². The minimum atomic E-state index is -1.74. The second kappa shape index (κ2) is 3.74. The highest BCUT2D eigenvalue weighted by Gasteiger charge is 2.31. The molecule has 78 valence electrons. The summed E-state index contributed by atoms with van der Waals surface area (Å²) in [6.07, 6.45) is 2.76. The van der Waals surface area contributed by atoms with E-state index in [9.17, 15) is 4.57 Å². The Morgan fingerprint density at radius 1 is 1.23 bits per heavy atom. The van der Waals surface area contributed by atoms with Gasteiger partial charge in [0.05, 0.1) is 7.14 Å². The Morgan fingerprint density at radius 3 is 2.00 bits per heavy atom. The van der Waals surface area contributed by atoms with E-state index in [0.717, 1.165) is 31.6 Å². The summed E-state index contributed by atoms with van der Waals surface area (Å²) in [5, 5.41) is 0. The summed E-state index contributed by atoms with van der Waals surface area (Å²) in [4.78, 5) is 2.44. The highest BCUT2D eigenvalue weighted by molar-refractivity contribution is 7.64. The number of hydrogen-bond donors (Lipinski definition) is 0. The van der Waals surface area contributed by atoms with Gasteiger partial charge in [0, 0.05) is 31.0 Å². The molecule has 1 aliphatic rings. The molecule has 0 aromatic carbocycles. The normalized spacial score (nSPS) is 24.6. The molecule has 0 aromatic rings. The van der Waals surface area contributed by atoms with Gasteiger partial charge in [-0.25, -0.2) is 0 Å². The maximum atomic E-state index is 12.0. The molecule has 1 heterocycles. The fraction of sp³-hybridized carbons (Fsp3) is 1.00. The summed E-state index contributed by atoms with van der Waals surface area (Å²) in [7, 11) is -1.74. The SMILES string of the molecule is CCP1(=O)CCN(C(C)(C)C)CC1. The molecule has 13 heavy (non-hydrogen) atoms. The summed E-state index contributed by atoms with van der Waals surface area (Å²) >= 11 is 0. The maximum absolute atomic E-state index is 12.0. The van der Waals surface area contributed by atoms with Gasteiger partial charge < -0.3 is 4.57 Å². The first-order valence-corrected chi connectivity index (χ1v) is 7.46. The molecule has 1 saturated heterocycles. The fourth-order valence-corrected chi connectivity index (χ4v) is 3.88. The molecule has 0 atom stereocenters. The van der Waals surface area contributed by atoms with Crippen molar-refractivity contribution in [3.05, 3.63) is 0 Å². The van der Waals surface area contributed by atoms with Crippen LogP contribution in [0, 0.1) is 0 Å². The Balaban J connectivity index is 2.53. The minimum absolute atomic E-state index is 0.249. The molecule has 1 aliphatic heterocycles. The highest BCUT2D eigenvalue weighted by Crippen LogP contribution is 2.47. The van der Waals surface area contributed by atoms with E-state index in [2.05, 4.69) is 32.6 Å². The molecule has 0 aliphatic carbocycles. The lowest BCUT2D eigenvalue weighted by molar-refractivity contribution is 0.149. The zero-order chi connectivity index (χ0) is 10.1. The van der Waals surface area contributed by atoms with Crippen LogP contribution in [0.2, 0.25) is 0 Å². The molecule has 0 bridgehead atoms. The first kappa shape index (κ1) is 11.3. The van der Waals surface area contributed by atoms with Crippen LogP contribution < -0.4 is 0 Å². The molecular weight excluding hydrogens is 181 g/mol. The van der Waals surface area contributed by atoms with Gasteiger partial charge in [0.15, 0.2) is 0 Å². The van der Waals surface area contributed by atoms with Crippen LogP contribution in [-0.2, 0) is 4.57 Å². The molecular formula is C10H22NOP. The molecule has 0 aromatic heterocycles. The van der Waals surface area contributed by atoms with Gasteiger partial charge in [0.2, 0.25) is 0 Å². The lowest BCUT2D eigenvalue weighted by Gasteiger charge is -2.40. The van der Waals surface area contributed by atoms with E-state index in [1.807, 2.05) is 0 Å². The van der Waals surface area contributed by atoms with Gasteiger partial charge in [0.25, 0.3) is 0 Å². The van der Waals surface area contributed by atoms with Crippen LogP contribution in [0.4, 0.5) is 0 Å². The highest BCUT2D eigenvalue weighted by atomic mass is 31.2. The van der Waals surface area contributed by atoms with E-state index in [-0.39, 0.29) is 5.54 Å². The van der Waals surface area contributed by atoms with Crippen molar-refractivity contribution in [3.63, 3.8) is 0 Å². The van der Waals surface area contributed by atoms with Crippen molar-refractivity contribution < 1.29 is 4.57 Å². The number of nitrogens with zero attached hydrogens (tertiary/aromatic N) is 1. The van der Waals surface area contributed by atoms with E-state index in [0.29, 0.717) is 0 Å². The van der Waals surface area contributed by atoms with Crippen LogP contribution >= 0.6 is 7.14 Å². The van der Waals surface area contributed by atoms with Crippen LogP contribution in [-0.4, -0.2) is 42.0 Å². The van der Waals surface area contributed by atoms with E-state index in [1.54, 1.807) is 0 Å². The summed E-state index contributed by atoms with van der Waals surface area (Å²) in [5.41, 5.74) is 0.249. The zero-order valence-electron chi connectivity index (χ0n) is 9.34. The van der Waals surface area contributed by atoms with Crippen LogP contribution in [0.15, 0.2) is 0 Å². The standard InChI is InChI=1S/C10H22NOP/c1-5-13(12)8-6-11(7-9-13)10(2,3)4/h5-9H2,1-4H3. The van der Waals surface area contributed by atoms with Crippen LogP contribution in [0.5, 0.6) is 0 Å². The second-order valence-electron chi connectivity index (χ2n) is 4.98. The second-order valence-corrected chi connectivity index (χ2v) is 8.62. The zero-order valence-corrected chi connectivity index (χ0v) is 10.2. The summed E-state index contributed by atoms with van der Waals surface area (Å²) < 4.78 is 12.0. The first-order chi connectivity index (χ1) is 5.87. The molecule has 0 amide bonds. The average molecular weight is 203 g/mol. The Bertz CT molecular complexity index is 207. The quantitative estimate of drug-likeness (QED) is 0.610. The first-order valence-electron chi connectivity index (χ1n) is 5.19. The largest absolute Gasteiger partial charge is 0.323 e. The van der Waals surface area contributed by atoms with Gasteiger partial charge >= 0.3 is 0 Å². The lowest BCUT2D eigenvalue weighted by atomic mass is 10.1. The van der Waals surface area contributed by atoms with E-state index in [1.165, 1.54) is 0 Å². The maximum Gasteiger partial charge on any atom is 0.0899 e. The van der Waals surface area contributed by atoms with Gasteiger partial charge in [-0.1, -0.05) is 6.92 Å². The molecule has 1 rings (SSSR count). The van der Waals surface area contributed by atoms with E-state index < -0.39 is 7.14 Å². The molecule has 0 saturated carbocycles. The Hall–Kier alpha value is 0.190.